The van der Waals surface area contributed by atoms with Gasteiger partial charge in [-0.2, -0.15) is 0 Å². The highest BCUT2D eigenvalue weighted by Crippen LogP contribution is 2.38. The molecule has 4 aliphatic rings. The minimum atomic E-state index is -2.43. The van der Waals surface area contributed by atoms with E-state index in [1.165, 1.54) is 12.0 Å². The highest BCUT2D eigenvalue weighted by atomic mass is 16.6. The van der Waals surface area contributed by atoms with E-state index in [1.54, 1.807) is 41.1 Å². The third-order valence-electron chi connectivity index (χ3n) is 14.5. The molecule has 0 radical (unpaired) electrons. The van der Waals surface area contributed by atoms with Crippen LogP contribution < -0.4 is 0 Å². The maximum Gasteiger partial charge on any atom is 0.329 e. The Bertz CT molecular complexity index is 1760. The molecule has 1 amide bonds. The average molecular weight is 914 g/mol. The molecule has 3 N–H and O–H groups in total. The molecule has 4 unspecified atom stereocenters. The summed E-state index contributed by atoms with van der Waals surface area (Å²) in [6, 6.07) is -1.14. The van der Waals surface area contributed by atoms with Crippen molar-refractivity contribution in [1.82, 2.24) is 4.90 Å². The summed E-state index contributed by atoms with van der Waals surface area (Å²) >= 11 is 0. The van der Waals surface area contributed by atoms with E-state index < -0.39 is 83.9 Å². The molecule has 14 nitrogen and oxygen atoms in total. The van der Waals surface area contributed by atoms with Crippen molar-refractivity contribution in [2.45, 2.75) is 180 Å². The van der Waals surface area contributed by atoms with Gasteiger partial charge < -0.3 is 43.9 Å². The van der Waals surface area contributed by atoms with Crippen LogP contribution in [0.2, 0.25) is 0 Å². The Morgan fingerprint density at radius 2 is 1.57 bits per heavy atom. The first kappa shape index (κ1) is 54.2. The van der Waals surface area contributed by atoms with Gasteiger partial charge in [-0.05, 0) is 107 Å². The number of aliphatic hydroxyl groups excluding tert-OH is 2. The van der Waals surface area contributed by atoms with E-state index in [0.717, 1.165) is 12.0 Å². The predicted octanol–water partition coefficient (Wildman–Crippen LogP) is 6.18. The first-order chi connectivity index (χ1) is 30.7. The molecule has 0 aromatic carbocycles. The Morgan fingerprint density at radius 1 is 0.846 bits per heavy atom. The van der Waals surface area contributed by atoms with Crippen molar-refractivity contribution in [3.05, 3.63) is 47.6 Å². The Kier molecular flexibility index (Phi) is 21.0. The number of fused-ring (bicyclic) bond motifs is 3. The summed E-state index contributed by atoms with van der Waals surface area (Å²) in [4.78, 5) is 71.8. The summed E-state index contributed by atoms with van der Waals surface area (Å²) in [5.74, 6) is -7.96. The zero-order valence-corrected chi connectivity index (χ0v) is 40.6. The van der Waals surface area contributed by atoms with Gasteiger partial charge >= 0.3 is 5.97 Å². The van der Waals surface area contributed by atoms with Crippen LogP contribution in [0.1, 0.15) is 126 Å². The number of esters is 1. The summed E-state index contributed by atoms with van der Waals surface area (Å²) in [6.45, 7) is 12.7. The largest absolute Gasteiger partial charge is 0.460 e. The summed E-state index contributed by atoms with van der Waals surface area (Å²) in [5, 5.41) is 33.8. The number of ketones is 3. The molecule has 0 aromatic rings. The molecule has 0 aromatic heterocycles. The molecular formula is C51H79NO13. The lowest BCUT2D eigenvalue weighted by Crippen LogP contribution is -2.61. The van der Waals surface area contributed by atoms with Gasteiger partial charge in [0.15, 0.2) is 5.78 Å². The number of amides is 1. The number of methoxy groups -OCH3 is 3. The van der Waals surface area contributed by atoms with E-state index in [9.17, 15) is 39.3 Å². The molecule has 15 atom stereocenters. The molecule has 65 heavy (non-hydrogen) atoms. The van der Waals surface area contributed by atoms with Crippen molar-refractivity contribution in [1.29, 1.82) is 0 Å². The van der Waals surface area contributed by atoms with E-state index in [4.69, 9.17) is 23.7 Å². The number of carbonyl (C=O) groups excluding carboxylic acids is 5. The average Bonchev–Trinajstić information content (AvgIpc) is 3.28. The van der Waals surface area contributed by atoms with Crippen LogP contribution >= 0.6 is 0 Å². The van der Waals surface area contributed by atoms with Gasteiger partial charge in [0.25, 0.3) is 11.7 Å². The van der Waals surface area contributed by atoms with Crippen molar-refractivity contribution >= 4 is 29.2 Å². The second kappa shape index (κ2) is 25.1. The zero-order chi connectivity index (χ0) is 48.2. The molecule has 14 heteroatoms. The third-order valence-corrected chi connectivity index (χ3v) is 14.5. The fraction of sp³-hybridized carbons (Fsp3) is 0.745. The van der Waals surface area contributed by atoms with Gasteiger partial charge in [0.05, 0.1) is 24.4 Å². The Labute approximate surface area is 387 Å². The fourth-order valence-electron chi connectivity index (χ4n) is 10.1. The van der Waals surface area contributed by atoms with Crippen molar-refractivity contribution in [3.8, 4) is 0 Å². The van der Waals surface area contributed by atoms with E-state index >= 15 is 0 Å². The number of cyclic esters (lactones) is 1. The smallest absolute Gasteiger partial charge is 0.329 e. The van der Waals surface area contributed by atoms with E-state index in [1.807, 2.05) is 58.1 Å². The van der Waals surface area contributed by atoms with Gasteiger partial charge in [-0.15, -0.1) is 0 Å². The number of carbonyl (C=O) groups is 5. The van der Waals surface area contributed by atoms with Crippen molar-refractivity contribution < 1.29 is 63.0 Å². The van der Waals surface area contributed by atoms with Crippen LogP contribution in [0.4, 0.5) is 0 Å². The first-order valence-corrected chi connectivity index (χ1v) is 23.9. The lowest BCUT2D eigenvalue weighted by Gasteiger charge is -2.42. The molecule has 1 saturated carbocycles. The van der Waals surface area contributed by atoms with Gasteiger partial charge in [-0.3, -0.25) is 19.2 Å². The fourth-order valence-corrected chi connectivity index (χ4v) is 10.1. The van der Waals surface area contributed by atoms with Crippen molar-refractivity contribution in [3.63, 3.8) is 0 Å². The number of hydrogen-bond donors (Lipinski definition) is 3. The minimum Gasteiger partial charge on any atom is -0.460 e. The highest BCUT2D eigenvalue weighted by Gasteiger charge is 2.53. The number of hydrogen-bond acceptors (Lipinski definition) is 13. The molecule has 366 valence electrons. The van der Waals surface area contributed by atoms with E-state index in [2.05, 4.69) is 0 Å². The Balaban J connectivity index is 1.70. The first-order valence-electron chi connectivity index (χ1n) is 23.9. The predicted molar refractivity (Wildman–Crippen MR) is 245 cm³/mol. The Hall–Kier alpha value is -3.37. The lowest BCUT2D eigenvalue weighted by molar-refractivity contribution is -0.265. The molecule has 1 aliphatic carbocycles. The maximum absolute atomic E-state index is 14.4. The lowest BCUT2D eigenvalue weighted by atomic mass is 9.78. The van der Waals surface area contributed by atoms with E-state index in [-0.39, 0.29) is 54.8 Å². The second-order valence-corrected chi connectivity index (χ2v) is 19.6. The molecule has 4 rings (SSSR count). The monoisotopic (exact) mass is 914 g/mol. The summed E-state index contributed by atoms with van der Waals surface area (Å²) in [6.07, 6.45) is 11.2. The highest BCUT2D eigenvalue weighted by molar-refractivity contribution is 6.39. The topological polar surface area (TPSA) is 195 Å². The summed E-state index contributed by atoms with van der Waals surface area (Å²) in [7, 11) is 4.52. The molecule has 3 aliphatic heterocycles. The second-order valence-electron chi connectivity index (χ2n) is 19.6. The standard InChI is InChI=1S/C51H79NO13/c1-30-16-12-11-13-17-31(2)42(61-8)28-38-21-19-36(7)51(60,65-38)48(57)49(58)52-23-15-14-18-39(52)50(59)64-43(33(4)26-37-20-22-40(53)44(27-37)62-9)29-41(54)32(3)25-35(6)46(56)47(63-10)45(55)34(5)24-30/h11-13,16-17,25,30,32-34,36-40,42-44,46-47,53,56,60H,14-15,18-24,26-29H2,1-10H3/b13-11+,16-12+,31-17+,35-25+/t30-,32-,33-,34?,36-,37?,38+,39+,40-,42+,43+,44?,46-,47?,51-/m1/s1. The van der Waals surface area contributed by atoms with Crippen LogP contribution in [0.15, 0.2) is 47.6 Å². The SMILES string of the molecule is COC1CC(C[C@@H](C)[C@@H]2CC(=O)[C@H](C)/C=C(\C)[C@@H](O)C(OC)C(=O)C(C)C[C@H](C)/C=C/C=C/C=C(\C)[C@@H](OC)C[C@@H]3CC[C@@H](C)[C@@](O)(O3)C(=O)C(=O)N3CCCC[C@H]3C(=O)O2)CC[C@H]1O. The van der Waals surface area contributed by atoms with E-state index in [0.29, 0.717) is 63.4 Å². The van der Waals surface area contributed by atoms with Crippen LogP contribution in [0.5, 0.6) is 0 Å². The molecule has 3 fully saturated rings. The van der Waals surface area contributed by atoms with Gasteiger partial charge in [0.2, 0.25) is 5.79 Å². The molecule has 0 spiro atoms. The number of Topliss-reactive ketones (excluding diaryl/α,β-unsaturated/α-hetero) is 3. The van der Waals surface area contributed by atoms with Gasteiger partial charge in [0, 0.05) is 58.5 Å². The molecule has 2 saturated heterocycles. The van der Waals surface area contributed by atoms with Crippen molar-refractivity contribution in [2.75, 3.05) is 27.9 Å². The normalized spacial score (nSPS) is 40.4. The van der Waals surface area contributed by atoms with Crippen LogP contribution in [-0.2, 0) is 47.7 Å². The number of allylic oxidation sites excluding steroid dienone is 6. The van der Waals surface area contributed by atoms with Crippen LogP contribution in [-0.4, -0.2) is 132 Å². The van der Waals surface area contributed by atoms with Gasteiger partial charge in [0.1, 0.15) is 30.1 Å². The zero-order valence-electron chi connectivity index (χ0n) is 40.6. The van der Waals surface area contributed by atoms with Crippen LogP contribution in [0.25, 0.3) is 0 Å². The molecular weight excluding hydrogens is 835 g/mol. The number of nitrogens with zero attached hydrogens (tertiary/aromatic N) is 1. The van der Waals surface area contributed by atoms with Crippen LogP contribution in [0, 0.1) is 35.5 Å². The quantitative estimate of drug-likeness (QED) is 0.156. The minimum absolute atomic E-state index is 0.0193. The molecule has 3 heterocycles. The molecule has 2 bridgehead atoms. The summed E-state index contributed by atoms with van der Waals surface area (Å²) < 4.78 is 29.4. The maximum atomic E-state index is 14.4. The third kappa shape index (κ3) is 14.3. The number of piperidine rings is 1. The van der Waals surface area contributed by atoms with Crippen LogP contribution in [0.3, 0.4) is 0 Å². The summed E-state index contributed by atoms with van der Waals surface area (Å²) in [5.41, 5.74) is 1.27. The van der Waals surface area contributed by atoms with Gasteiger partial charge in [-0.1, -0.05) is 71.1 Å². The van der Waals surface area contributed by atoms with Gasteiger partial charge in [-0.25, -0.2) is 4.79 Å². The number of ether oxygens (including phenoxy) is 5. The number of aliphatic hydroxyl groups is 3. The Morgan fingerprint density at radius 3 is 2.25 bits per heavy atom. The number of rotatable bonds is 6. The van der Waals surface area contributed by atoms with Crippen molar-refractivity contribution in [2.24, 2.45) is 35.5 Å².